The molecule has 0 aliphatic heterocycles. The van der Waals surface area contributed by atoms with Gasteiger partial charge in [0.25, 0.3) is 0 Å². The van der Waals surface area contributed by atoms with Gasteiger partial charge in [-0.1, -0.05) is 29.9 Å². The average molecular weight is 284 g/mol. The fraction of sp³-hybridized carbons (Fsp3) is 0.385. The van der Waals surface area contributed by atoms with Gasteiger partial charge in [0.2, 0.25) is 0 Å². The summed E-state index contributed by atoms with van der Waals surface area (Å²) in [5.41, 5.74) is 2.86. The number of pyridine rings is 1. The lowest BCUT2D eigenvalue weighted by Crippen LogP contribution is -2.11. The molecule has 18 heavy (non-hydrogen) atoms. The zero-order valence-corrected chi connectivity index (χ0v) is 12.8. The van der Waals surface area contributed by atoms with Gasteiger partial charge in [-0.2, -0.15) is 0 Å². The lowest BCUT2D eigenvalue weighted by molar-refractivity contribution is 0.519. The highest BCUT2D eigenvalue weighted by Gasteiger charge is 2.10. The molecule has 0 saturated carbocycles. The van der Waals surface area contributed by atoms with Crippen LogP contribution in [0.3, 0.4) is 0 Å². The molecule has 0 amide bonds. The van der Waals surface area contributed by atoms with Crippen molar-refractivity contribution in [2.24, 2.45) is 4.99 Å². The van der Waals surface area contributed by atoms with Gasteiger partial charge in [-0.3, -0.25) is 4.99 Å². The molecule has 0 saturated heterocycles. The quantitative estimate of drug-likeness (QED) is 0.605. The van der Waals surface area contributed by atoms with Crippen LogP contribution in [0, 0.1) is 6.92 Å². The van der Waals surface area contributed by atoms with Crippen LogP contribution in [0.5, 0.6) is 0 Å². The SMILES string of the molecule is C=C(CSc1ncc(Cl)c(N=CC)c1C)N(C)C. The zero-order chi connectivity index (χ0) is 13.7. The van der Waals surface area contributed by atoms with E-state index in [0.29, 0.717) is 5.02 Å². The maximum absolute atomic E-state index is 6.08. The fourth-order valence-corrected chi connectivity index (χ4v) is 2.51. The molecule has 98 valence electrons. The molecule has 0 fully saturated rings. The van der Waals surface area contributed by atoms with E-state index in [1.165, 1.54) is 0 Å². The van der Waals surface area contributed by atoms with Gasteiger partial charge in [-0.05, 0) is 13.8 Å². The Hall–Kier alpha value is -1.00. The van der Waals surface area contributed by atoms with Crippen molar-refractivity contribution in [1.82, 2.24) is 9.88 Å². The highest BCUT2D eigenvalue weighted by Crippen LogP contribution is 2.34. The predicted molar refractivity (Wildman–Crippen MR) is 81.4 cm³/mol. The topological polar surface area (TPSA) is 28.5 Å². The number of aliphatic imine (C=N–C) groups is 1. The number of aromatic nitrogens is 1. The normalized spacial score (nSPS) is 10.9. The Morgan fingerprint density at radius 3 is 2.83 bits per heavy atom. The predicted octanol–water partition coefficient (Wildman–Crippen LogP) is 3.93. The van der Waals surface area contributed by atoms with Crippen LogP contribution >= 0.6 is 23.4 Å². The first-order valence-corrected chi connectivity index (χ1v) is 6.95. The minimum Gasteiger partial charge on any atom is -0.381 e. The summed E-state index contributed by atoms with van der Waals surface area (Å²) in [5.74, 6) is 0.803. The molecule has 0 spiro atoms. The first kappa shape index (κ1) is 15.1. The second-order valence-electron chi connectivity index (χ2n) is 4.02. The third-order valence-corrected chi connectivity index (χ3v) is 3.90. The Morgan fingerprint density at radius 2 is 2.28 bits per heavy atom. The van der Waals surface area contributed by atoms with E-state index >= 15 is 0 Å². The van der Waals surface area contributed by atoms with E-state index in [9.17, 15) is 0 Å². The Balaban J connectivity index is 2.91. The number of hydrogen-bond donors (Lipinski definition) is 0. The van der Waals surface area contributed by atoms with Gasteiger partial charge in [0.15, 0.2) is 0 Å². The molecule has 3 nitrogen and oxygen atoms in total. The van der Waals surface area contributed by atoms with E-state index in [1.54, 1.807) is 24.2 Å². The van der Waals surface area contributed by atoms with Crippen LogP contribution in [0.25, 0.3) is 0 Å². The van der Waals surface area contributed by atoms with E-state index in [-0.39, 0.29) is 0 Å². The average Bonchev–Trinajstić information content (AvgIpc) is 2.33. The first-order valence-electron chi connectivity index (χ1n) is 5.59. The van der Waals surface area contributed by atoms with E-state index in [2.05, 4.69) is 16.6 Å². The molecule has 0 aliphatic carbocycles. The minimum atomic E-state index is 0.585. The summed E-state index contributed by atoms with van der Waals surface area (Å²) in [5, 5.41) is 1.53. The molecule has 1 aromatic heterocycles. The van der Waals surface area contributed by atoms with Crippen LogP contribution in [0.4, 0.5) is 5.69 Å². The maximum atomic E-state index is 6.08. The Kier molecular flexibility index (Phi) is 5.69. The van der Waals surface area contributed by atoms with Crippen LogP contribution in [-0.2, 0) is 0 Å². The molecule has 0 atom stereocenters. The molecular formula is C13H18ClN3S. The van der Waals surface area contributed by atoms with Crippen LogP contribution in [-0.4, -0.2) is 35.9 Å². The first-order chi connectivity index (χ1) is 8.47. The molecule has 1 aromatic rings. The van der Waals surface area contributed by atoms with Gasteiger partial charge in [0.05, 0.1) is 10.7 Å². The molecule has 0 aromatic carbocycles. The standard InChI is InChI=1S/C13H18ClN3S/c1-6-15-12-10(3)13(16-7-11(12)14)18-8-9(2)17(4)5/h6-7H,2,8H2,1,3-5H3. The Bertz CT molecular complexity index is 470. The third-order valence-electron chi connectivity index (χ3n) is 2.46. The van der Waals surface area contributed by atoms with Crippen molar-refractivity contribution in [2.45, 2.75) is 18.9 Å². The Labute approximate surface area is 118 Å². The molecule has 0 N–H and O–H groups in total. The van der Waals surface area contributed by atoms with Gasteiger partial charge in [0, 0.05) is 43.5 Å². The second kappa shape index (κ2) is 6.81. The van der Waals surface area contributed by atoms with Crippen molar-refractivity contribution in [2.75, 3.05) is 19.8 Å². The van der Waals surface area contributed by atoms with Gasteiger partial charge in [-0.25, -0.2) is 4.98 Å². The molecular weight excluding hydrogens is 266 g/mol. The summed E-state index contributed by atoms with van der Waals surface area (Å²) in [6, 6.07) is 0. The Morgan fingerprint density at radius 1 is 1.61 bits per heavy atom. The van der Waals surface area contributed by atoms with Crippen molar-refractivity contribution in [3.05, 3.63) is 29.1 Å². The van der Waals surface area contributed by atoms with Crippen LogP contribution in [0.15, 0.2) is 28.5 Å². The number of nitrogens with zero attached hydrogens (tertiary/aromatic N) is 3. The number of thioether (sulfide) groups is 1. The van der Waals surface area contributed by atoms with Gasteiger partial charge in [-0.15, -0.1) is 0 Å². The number of hydrogen-bond acceptors (Lipinski definition) is 4. The van der Waals surface area contributed by atoms with Gasteiger partial charge in [0.1, 0.15) is 5.03 Å². The second-order valence-corrected chi connectivity index (χ2v) is 5.39. The van der Waals surface area contributed by atoms with Gasteiger partial charge < -0.3 is 4.90 Å². The van der Waals surface area contributed by atoms with Crippen LogP contribution < -0.4 is 0 Å². The van der Waals surface area contributed by atoms with Crippen molar-refractivity contribution in [3.63, 3.8) is 0 Å². The molecule has 1 rings (SSSR count). The fourth-order valence-electron chi connectivity index (χ4n) is 1.27. The van der Waals surface area contributed by atoms with Crippen molar-refractivity contribution < 1.29 is 0 Å². The number of rotatable bonds is 5. The lowest BCUT2D eigenvalue weighted by atomic mass is 10.2. The van der Waals surface area contributed by atoms with Crippen LogP contribution in [0.1, 0.15) is 12.5 Å². The lowest BCUT2D eigenvalue weighted by Gasteiger charge is -2.15. The molecule has 5 heteroatoms. The molecule has 0 bridgehead atoms. The zero-order valence-electron chi connectivity index (χ0n) is 11.2. The summed E-state index contributed by atoms with van der Waals surface area (Å²) >= 11 is 7.73. The molecule has 0 radical (unpaired) electrons. The molecule has 0 unspecified atom stereocenters. The monoisotopic (exact) mass is 283 g/mol. The van der Waals surface area contributed by atoms with E-state index < -0.39 is 0 Å². The van der Waals surface area contributed by atoms with Crippen LogP contribution in [0.2, 0.25) is 5.02 Å². The third kappa shape index (κ3) is 3.75. The van der Waals surface area contributed by atoms with E-state index in [1.807, 2.05) is 32.8 Å². The smallest absolute Gasteiger partial charge is 0.102 e. The van der Waals surface area contributed by atoms with E-state index in [0.717, 1.165) is 27.7 Å². The summed E-state index contributed by atoms with van der Waals surface area (Å²) in [6.07, 6.45) is 3.39. The summed E-state index contributed by atoms with van der Waals surface area (Å²) < 4.78 is 0. The van der Waals surface area contributed by atoms with Crippen molar-refractivity contribution in [3.8, 4) is 0 Å². The largest absolute Gasteiger partial charge is 0.381 e. The minimum absolute atomic E-state index is 0.585. The maximum Gasteiger partial charge on any atom is 0.102 e. The summed E-state index contributed by atoms with van der Waals surface area (Å²) in [6.45, 7) is 7.86. The number of halogens is 1. The highest BCUT2D eigenvalue weighted by molar-refractivity contribution is 7.99. The highest BCUT2D eigenvalue weighted by atomic mass is 35.5. The molecule has 1 heterocycles. The van der Waals surface area contributed by atoms with Crippen molar-refractivity contribution >= 4 is 35.3 Å². The van der Waals surface area contributed by atoms with E-state index in [4.69, 9.17) is 11.6 Å². The van der Waals surface area contributed by atoms with Crippen molar-refractivity contribution in [1.29, 1.82) is 0 Å². The van der Waals surface area contributed by atoms with Gasteiger partial charge >= 0.3 is 0 Å². The molecule has 0 aliphatic rings. The summed E-state index contributed by atoms with van der Waals surface area (Å²) in [7, 11) is 3.97. The summed E-state index contributed by atoms with van der Waals surface area (Å²) in [4.78, 5) is 10.6.